The van der Waals surface area contributed by atoms with Crippen LogP contribution in [0.4, 0.5) is 5.13 Å². The summed E-state index contributed by atoms with van der Waals surface area (Å²) in [6.45, 7) is 1.93. The summed E-state index contributed by atoms with van der Waals surface area (Å²) in [6, 6.07) is 5.75. The minimum absolute atomic E-state index is 0.727. The lowest BCUT2D eigenvalue weighted by atomic mass is 10.1. The van der Waals surface area contributed by atoms with Gasteiger partial charge < -0.3 is 4.90 Å². The van der Waals surface area contributed by atoms with Crippen molar-refractivity contribution in [3.63, 3.8) is 0 Å². The zero-order valence-electron chi connectivity index (χ0n) is 10.4. The van der Waals surface area contributed by atoms with E-state index in [0.717, 1.165) is 31.8 Å². The third kappa shape index (κ3) is 2.88. The van der Waals surface area contributed by atoms with Crippen LogP contribution in [0.25, 0.3) is 0 Å². The maximum atomic E-state index is 10.7. The van der Waals surface area contributed by atoms with Gasteiger partial charge in [0.2, 0.25) is 5.13 Å². The standard InChI is InChI=1S/C12H13N3OS2/c1-8-6-10(5-4-9(8)7-16)17-12-14-13-11(18-12)15(2)3/h4-7H,1-3H3. The van der Waals surface area contributed by atoms with Crippen molar-refractivity contribution in [2.24, 2.45) is 0 Å². The van der Waals surface area contributed by atoms with Crippen molar-refractivity contribution >= 4 is 34.5 Å². The molecule has 1 aromatic heterocycles. The number of rotatable bonds is 4. The lowest BCUT2D eigenvalue weighted by Gasteiger charge is -2.04. The van der Waals surface area contributed by atoms with E-state index in [9.17, 15) is 4.79 Å². The molecule has 0 unspecified atom stereocenters. The zero-order chi connectivity index (χ0) is 13.1. The summed E-state index contributed by atoms with van der Waals surface area (Å²) in [6.07, 6.45) is 0.874. The van der Waals surface area contributed by atoms with E-state index >= 15 is 0 Å². The molecule has 0 saturated carbocycles. The normalized spacial score (nSPS) is 10.4. The molecule has 0 bridgehead atoms. The predicted octanol–water partition coefficient (Wildman–Crippen LogP) is 2.88. The molecule has 0 amide bonds. The van der Waals surface area contributed by atoms with Crippen molar-refractivity contribution in [1.82, 2.24) is 10.2 Å². The molecule has 4 nitrogen and oxygen atoms in total. The van der Waals surface area contributed by atoms with Crippen LogP contribution in [0.1, 0.15) is 15.9 Å². The number of nitrogens with zero attached hydrogens (tertiary/aromatic N) is 3. The number of anilines is 1. The maximum absolute atomic E-state index is 10.7. The number of carbonyl (C=O) groups excluding carboxylic acids is 1. The van der Waals surface area contributed by atoms with Gasteiger partial charge in [-0.15, -0.1) is 10.2 Å². The van der Waals surface area contributed by atoms with Crippen LogP contribution in [0, 0.1) is 6.92 Å². The Bertz CT molecular complexity index is 566. The topological polar surface area (TPSA) is 46.1 Å². The molecule has 2 aromatic rings. The molecule has 0 N–H and O–H groups in total. The van der Waals surface area contributed by atoms with E-state index in [1.54, 1.807) is 23.1 Å². The van der Waals surface area contributed by atoms with Gasteiger partial charge >= 0.3 is 0 Å². The van der Waals surface area contributed by atoms with Crippen LogP contribution in [-0.2, 0) is 0 Å². The van der Waals surface area contributed by atoms with Crippen LogP contribution >= 0.6 is 23.1 Å². The van der Waals surface area contributed by atoms with Crippen molar-refractivity contribution in [3.05, 3.63) is 29.3 Å². The molecule has 0 aliphatic carbocycles. The highest BCUT2D eigenvalue weighted by Gasteiger charge is 2.08. The van der Waals surface area contributed by atoms with Crippen molar-refractivity contribution in [3.8, 4) is 0 Å². The molecule has 6 heteroatoms. The molecule has 18 heavy (non-hydrogen) atoms. The van der Waals surface area contributed by atoms with E-state index in [2.05, 4.69) is 10.2 Å². The molecule has 1 aromatic carbocycles. The number of benzene rings is 1. The Balaban J connectivity index is 2.17. The SMILES string of the molecule is Cc1cc(Sc2nnc(N(C)C)s2)ccc1C=O. The van der Waals surface area contributed by atoms with E-state index in [1.165, 1.54) is 0 Å². The van der Waals surface area contributed by atoms with Crippen molar-refractivity contribution in [1.29, 1.82) is 0 Å². The minimum Gasteiger partial charge on any atom is -0.353 e. The van der Waals surface area contributed by atoms with E-state index in [1.807, 2.05) is 44.1 Å². The summed E-state index contributed by atoms with van der Waals surface area (Å²) in [5, 5.41) is 9.10. The Kier molecular flexibility index (Phi) is 3.98. The van der Waals surface area contributed by atoms with Gasteiger partial charge in [-0.1, -0.05) is 29.2 Å². The van der Waals surface area contributed by atoms with Crippen molar-refractivity contribution in [2.75, 3.05) is 19.0 Å². The molecule has 1 heterocycles. The molecule has 0 saturated heterocycles. The molecular weight excluding hydrogens is 266 g/mol. The number of aryl methyl sites for hydroxylation is 1. The third-order valence-corrected chi connectivity index (χ3v) is 4.48. The predicted molar refractivity (Wildman–Crippen MR) is 74.9 cm³/mol. The van der Waals surface area contributed by atoms with E-state index in [4.69, 9.17) is 0 Å². The molecule has 0 fully saturated rings. The highest BCUT2D eigenvalue weighted by Crippen LogP contribution is 2.33. The van der Waals surface area contributed by atoms with Crippen molar-refractivity contribution in [2.45, 2.75) is 16.2 Å². The second-order valence-corrected chi connectivity index (χ2v) is 6.26. The van der Waals surface area contributed by atoms with E-state index < -0.39 is 0 Å². The molecule has 0 aliphatic rings. The van der Waals surface area contributed by atoms with E-state index in [-0.39, 0.29) is 0 Å². The van der Waals surface area contributed by atoms with Gasteiger partial charge in [0.25, 0.3) is 0 Å². The van der Waals surface area contributed by atoms with Crippen LogP contribution in [-0.4, -0.2) is 30.6 Å². The number of aldehydes is 1. The van der Waals surface area contributed by atoms with Gasteiger partial charge in [-0.25, -0.2) is 0 Å². The first-order chi connectivity index (χ1) is 8.60. The van der Waals surface area contributed by atoms with Crippen LogP contribution in [0.5, 0.6) is 0 Å². The highest BCUT2D eigenvalue weighted by atomic mass is 32.2. The van der Waals surface area contributed by atoms with Gasteiger partial charge in [0.15, 0.2) is 4.34 Å². The second-order valence-electron chi connectivity index (χ2n) is 3.98. The summed E-state index contributed by atoms with van der Waals surface area (Å²) in [7, 11) is 3.88. The first-order valence-corrected chi connectivity index (χ1v) is 6.98. The lowest BCUT2D eigenvalue weighted by molar-refractivity contribution is 0.112. The molecule has 0 spiro atoms. The van der Waals surface area contributed by atoms with Crippen LogP contribution in [0.15, 0.2) is 27.4 Å². The monoisotopic (exact) mass is 279 g/mol. The number of hydrogen-bond acceptors (Lipinski definition) is 6. The smallest absolute Gasteiger partial charge is 0.208 e. The van der Waals surface area contributed by atoms with Gasteiger partial charge in [0, 0.05) is 24.6 Å². The minimum atomic E-state index is 0.727. The van der Waals surface area contributed by atoms with Gasteiger partial charge in [-0.2, -0.15) is 0 Å². The average Bonchev–Trinajstić information content (AvgIpc) is 2.78. The summed E-state index contributed by atoms with van der Waals surface area (Å²) in [5.74, 6) is 0. The summed E-state index contributed by atoms with van der Waals surface area (Å²) in [5.41, 5.74) is 1.71. The molecule has 0 aliphatic heterocycles. The molecule has 94 valence electrons. The van der Waals surface area contributed by atoms with E-state index in [0.29, 0.717) is 0 Å². The highest BCUT2D eigenvalue weighted by molar-refractivity contribution is 8.01. The fourth-order valence-electron chi connectivity index (χ4n) is 1.37. The largest absolute Gasteiger partial charge is 0.353 e. The number of carbonyl (C=O) groups is 1. The summed E-state index contributed by atoms with van der Waals surface area (Å²) < 4.78 is 0.900. The fourth-order valence-corrected chi connectivity index (χ4v) is 3.21. The fraction of sp³-hybridized carbons (Fsp3) is 0.250. The molecule has 2 rings (SSSR count). The first kappa shape index (κ1) is 13.0. The Morgan fingerprint density at radius 1 is 1.33 bits per heavy atom. The van der Waals surface area contributed by atoms with Crippen LogP contribution in [0.3, 0.4) is 0 Å². The lowest BCUT2D eigenvalue weighted by Crippen LogP contribution is -2.07. The molecule has 0 atom stereocenters. The van der Waals surface area contributed by atoms with Gasteiger partial charge in [-0.05, 0) is 24.6 Å². The van der Waals surface area contributed by atoms with Gasteiger partial charge in [0.1, 0.15) is 6.29 Å². The van der Waals surface area contributed by atoms with Gasteiger partial charge in [-0.3, -0.25) is 4.79 Å². The summed E-state index contributed by atoms with van der Waals surface area (Å²) in [4.78, 5) is 13.7. The number of hydrogen-bond donors (Lipinski definition) is 0. The van der Waals surface area contributed by atoms with Crippen LogP contribution in [0.2, 0.25) is 0 Å². The Morgan fingerprint density at radius 2 is 2.11 bits per heavy atom. The number of aromatic nitrogens is 2. The Hall–Kier alpha value is -1.40. The Labute approximate surface area is 114 Å². The summed E-state index contributed by atoms with van der Waals surface area (Å²) >= 11 is 3.11. The first-order valence-electron chi connectivity index (χ1n) is 5.34. The second kappa shape index (κ2) is 5.49. The molecule has 0 radical (unpaired) electrons. The quantitative estimate of drug-likeness (QED) is 0.805. The Morgan fingerprint density at radius 3 is 2.67 bits per heavy atom. The maximum Gasteiger partial charge on any atom is 0.208 e. The molecular formula is C12H13N3OS2. The van der Waals surface area contributed by atoms with Crippen molar-refractivity contribution < 1.29 is 4.79 Å². The van der Waals surface area contributed by atoms with Crippen LogP contribution < -0.4 is 4.90 Å². The van der Waals surface area contributed by atoms with Gasteiger partial charge in [0.05, 0.1) is 0 Å². The zero-order valence-corrected chi connectivity index (χ0v) is 12.0. The average molecular weight is 279 g/mol. The third-order valence-electron chi connectivity index (χ3n) is 2.35.